The SMILES string of the molecule is CC(C)C[C@@H](NC(=O)C(Cc1ccccc1)NC(=O)[C@H](N)Cc1ccccc1)C(=O)N[C@H](CCCN)C(=O)N1CCCN(C2=NCCN2)CC1. The molecule has 2 heterocycles. The summed E-state index contributed by atoms with van der Waals surface area (Å²) in [6.45, 7) is 8.36. The van der Waals surface area contributed by atoms with Crippen LogP contribution in [-0.4, -0.2) is 109 Å². The molecular formula is C37H55N9O4. The van der Waals surface area contributed by atoms with E-state index in [4.69, 9.17) is 11.5 Å². The van der Waals surface area contributed by atoms with Crippen molar-refractivity contribution < 1.29 is 19.2 Å². The molecule has 13 nitrogen and oxygen atoms in total. The van der Waals surface area contributed by atoms with Crippen molar-refractivity contribution in [3.8, 4) is 0 Å². The fourth-order valence-corrected chi connectivity index (χ4v) is 6.29. The van der Waals surface area contributed by atoms with Crippen LogP contribution in [0.3, 0.4) is 0 Å². The molecule has 272 valence electrons. The zero-order chi connectivity index (χ0) is 35.9. The normalized spacial score (nSPS) is 17.1. The Bertz CT molecular complexity index is 1420. The highest BCUT2D eigenvalue weighted by Gasteiger charge is 2.33. The Hall–Kier alpha value is -4.49. The summed E-state index contributed by atoms with van der Waals surface area (Å²) in [4.78, 5) is 63.5. The number of amides is 4. The highest BCUT2D eigenvalue weighted by molar-refractivity contribution is 5.95. The molecule has 2 aromatic rings. The number of nitrogens with one attached hydrogen (secondary N) is 4. The van der Waals surface area contributed by atoms with E-state index in [-0.39, 0.29) is 18.2 Å². The Kier molecular flexibility index (Phi) is 15.0. The summed E-state index contributed by atoms with van der Waals surface area (Å²) >= 11 is 0. The first-order valence-electron chi connectivity index (χ1n) is 17.9. The van der Waals surface area contributed by atoms with Crippen LogP contribution in [0, 0.1) is 5.92 Å². The summed E-state index contributed by atoms with van der Waals surface area (Å²) in [5.41, 5.74) is 13.9. The maximum absolute atomic E-state index is 13.9. The maximum atomic E-state index is 13.9. The number of benzene rings is 2. The summed E-state index contributed by atoms with van der Waals surface area (Å²) in [5, 5.41) is 12.0. The smallest absolute Gasteiger partial charge is 0.245 e. The molecule has 4 amide bonds. The van der Waals surface area contributed by atoms with Gasteiger partial charge in [0.15, 0.2) is 5.96 Å². The van der Waals surface area contributed by atoms with Gasteiger partial charge >= 0.3 is 0 Å². The average Bonchev–Trinajstić information content (AvgIpc) is 3.54. The van der Waals surface area contributed by atoms with Crippen molar-refractivity contribution in [1.29, 1.82) is 0 Å². The van der Waals surface area contributed by atoms with Crippen LogP contribution in [0.15, 0.2) is 65.7 Å². The molecule has 50 heavy (non-hydrogen) atoms. The molecular weight excluding hydrogens is 634 g/mol. The van der Waals surface area contributed by atoms with Crippen LogP contribution in [0.4, 0.5) is 0 Å². The van der Waals surface area contributed by atoms with Gasteiger partial charge < -0.3 is 42.5 Å². The lowest BCUT2D eigenvalue weighted by atomic mass is 9.99. The number of aliphatic imine (C=N–C) groups is 1. The van der Waals surface area contributed by atoms with Crippen molar-refractivity contribution in [2.45, 2.75) is 76.5 Å². The molecule has 0 bridgehead atoms. The van der Waals surface area contributed by atoms with Gasteiger partial charge in [-0.3, -0.25) is 24.2 Å². The van der Waals surface area contributed by atoms with Gasteiger partial charge in [0.1, 0.15) is 18.1 Å². The number of hydrogen-bond donors (Lipinski definition) is 6. The number of carbonyl (C=O) groups is 4. The van der Waals surface area contributed by atoms with Gasteiger partial charge in [-0.15, -0.1) is 0 Å². The van der Waals surface area contributed by atoms with Crippen LogP contribution in [0.2, 0.25) is 0 Å². The summed E-state index contributed by atoms with van der Waals surface area (Å²) in [6.07, 6.45) is 2.56. The molecule has 4 atom stereocenters. The second kappa shape index (κ2) is 19.6. The first kappa shape index (κ1) is 38.3. The molecule has 8 N–H and O–H groups in total. The van der Waals surface area contributed by atoms with Crippen LogP contribution in [0.1, 0.15) is 50.7 Å². The van der Waals surface area contributed by atoms with E-state index in [0.29, 0.717) is 51.9 Å². The van der Waals surface area contributed by atoms with E-state index in [2.05, 4.69) is 31.2 Å². The van der Waals surface area contributed by atoms with Crippen LogP contribution in [-0.2, 0) is 32.0 Å². The molecule has 2 aliphatic heterocycles. The van der Waals surface area contributed by atoms with E-state index in [1.807, 2.05) is 74.5 Å². The minimum absolute atomic E-state index is 0.0504. The molecule has 0 spiro atoms. The standard InChI is InChI=1S/C37H55N9O4/c1-26(2)23-31(34(48)42-30(15-9-16-38)36(50)45-19-10-20-46(22-21-45)37-40-17-18-41-37)44-35(49)32(25-28-13-7-4-8-14-28)43-33(47)29(39)24-27-11-5-3-6-12-27/h3-8,11-14,26,29-32H,9-10,15-25,38-39H2,1-2H3,(H,40,41)(H,42,48)(H,43,47)(H,44,49)/t29-,30-,31-,32?/m1/s1. The van der Waals surface area contributed by atoms with E-state index >= 15 is 0 Å². The number of guanidine groups is 1. The predicted molar refractivity (Wildman–Crippen MR) is 195 cm³/mol. The molecule has 0 saturated carbocycles. The van der Waals surface area contributed by atoms with Gasteiger partial charge in [0.2, 0.25) is 23.6 Å². The first-order chi connectivity index (χ1) is 24.1. The minimum Gasteiger partial charge on any atom is -0.354 e. The molecule has 2 aliphatic rings. The lowest BCUT2D eigenvalue weighted by Gasteiger charge is -2.29. The van der Waals surface area contributed by atoms with Crippen molar-refractivity contribution in [2.24, 2.45) is 22.4 Å². The van der Waals surface area contributed by atoms with E-state index in [1.165, 1.54) is 0 Å². The monoisotopic (exact) mass is 689 g/mol. The highest BCUT2D eigenvalue weighted by atomic mass is 16.2. The van der Waals surface area contributed by atoms with Crippen LogP contribution in [0.25, 0.3) is 0 Å². The Morgan fingerprint density at radius 1 is 0.800 bits per heavy atom. The van der Waals surface area contributed by atoms with Crippen LogP contribution < -0.4 is 32.7 Å². The zero-order valence-electron chi connectivity index (χ0n) is 29.5. The molecule has 2 aromatic carbocycles. The number of carbonyl (C=O) groups excluding carboxylic acids is 4. The third-order valence-corrected chi connectivity index (χ3v) is 8.97. The Morgan fingerprint density at radius 2 is 1.42 bits per heavy atom. The van der Waals surface area contributed by atoms with Crippen LogP contribution in [0.5, 0.6) is 0 Å². The van der Waals surface area contributed by atoms with Gasteiger partial charge in [-0.25, -0.2) is 0 Å². The molecule has 13 heteroatoms. The first-order valence-corrected chi connectivity index (χ1v) is 17.9. The molecule has 4 rings (SSSR count). The van der Waals surface area contributed by atoms with Gasteiger partial charge in [-0.05, 0) is 55.7 Å². The molecule has 1 fully saturated rings. The average molecular weight is 690 g/mol. The fourth-order valence-electron chi connectivity index (χ4n) is 6.29. The molecule has 0 aliphatic carbocycles. The number of rotatable bonds is 16. The van der Waals surface area contributed by atoms with Crippen LogP contribution >= 0.6 is 0 Å². The predicted octanol–water partition coefficient (Wildman–Crippen LogP) is 0.532. The summed E-state index contributed by atoms with van der Waals surface area (Å²) in [6, 6.07) is 15.2. The fraction of sp³-hybridized carbons (Fsp3) is 0.541. The maximum Gasteiger partial charge on any atom is 0.245 e. The molecule has 1 unspecified atom stereocenters. The Balaban J connectivity index is 1.45. The largest absolute Gasteiger partial charge is 0.354 e. The minimum atomic E-state index is -0.983. The zero-order valence-corrected chi connectivity index (χ0v) is 29.5. The Morgan fingerprint density at radius 3 is 2.04 bits per heavy atom. The van der Waals surface area contributed by atoms with Crippen molar-refractivity contribution in [2.75, 3.05) is 45.8 Å². The second-order valence-electron chi connectivity index (χ2n) is 13.5. The molecule has 1 saturated heterocycles. The lowest BCUT2D eigenvalue weighted by Crippen LogP contribution is -2.59. The Labute approximate surface area is 296 Å². The van der Waals surface area contributed by atoms with Gasteiger partial charge in [-0.2, -0.15) is 0 Å². The van der Waals surface area contributed by atoms with E-state index in [9.17, 15) is 19.2 Å². The van der Waals surface area contributed by atoms with Gasteiger partial charge in [0, 0.05) is 39.1 Å². The summed E-state index contributed by atoms with van der Waals surface area (Å²) < 4.78 is 0. The molecule has 0 radical (unpaired) electrons. The number of hydrogen-bond acceptors (Lipinski definition) is 9. The molecule has 0 aromatic heterocycles. The topological polar surface area (TPSA) is 187 Å². The van der Waals surface area contributed by atoms with Crippen molar-refractivity contribution in [3.05, 3.63) is 71.8 Å². The van der Waals surface area contributed by atoms with E-state index in [0.717, 1.165) is 43.1 Å². The second-order valence-corrected chi connectivity index (χ2v) is 13.5. The summed E-state index contributed by atoms with van der Waals surface area (Å²) in [5.74, 6) is -0.654. The lowest BCUT2D eigenvalue weighted by molar-refractivity contribution is -0.138. The third kappa shape index (κ3) is 11.8. The van der Waals surface area contributed by atoms with Crippen molar-refractivity contribution in [1.82, 2.24) is 31.1 Å². The quantitative estimate of drug-likeness (QED) is 0.147. The number of nitrogens with zero attached hydrogens (tertiary/aromatic N) is 3. The van der Waals surface area contributed by atoms with Gasteiger partial charge in [0.25, 0.3) is 0 Å². The van der Waals surface area contributed by atoms with E-state index in [1.54, 1.807) is 4.90 Å². The number of nitrogens with two attached hydrogens (primary N) is 2. The third-order valence-electron chi connectivity index (χ3n) is 8.97. The highest BCUT2D eigenvalue weighted by Crippen LogP contribution is 2.13. The van der Waals surface area contributed by atoms with E-state index < -0.39 is 41.9 Å². The summed E-state index contributed by atoms with van der Waals surface area (Å²) in [7, 11) is 0. The van der Waals surface area contributed by atoms with Crippen molar-refractivity contribution in [3.63, 3.8) is 0 Å². The van der Waals surface area contributed by atoms with Gasteiger partial charge in [0.05, 0.1) is 12.6 Å². The van der Waals surface area contributed by atoms with Gasteiger partial charge in [-0.1, -0.05) is 74.5 Å². The van der Waals surface area contributed by atoms with Crippen molar-refractivity contribution >= 4 is 29.6 Å².